The number of fused-ring (bicyclic) bond motifs is 3. The van der Waals surface area contributed by atoms with Crippen LogP contribution in [-0.4, -0.2) is 0 Å². The summed E-state index contributed by atoms with van der Waals surface area (Å²) in [5.74, 6) is 0.389. The van der Waals surface area contributed by atoms with E-state index in [1.807, 2.05) is 0 Å². The van der Waals surface area contributed by atoms with Crippen LogP contribution in [0, 0.1) is 6.07 Å². The standard InChI is InChI=1S/C38H37.2ClH.Zr/c1-37(2,3)35-23-31-29(21-33(35)27-14-8-7-9-15-27)20-30-22-34(36(24-32(30)31)38(4,5)6)28-18-16-26(17-19-28)25-12-10-11-13-25;;;/h7-19,21,23-25H,20H2,1-6H3;2*1H;/q-1;;;+3/p-2. The van der Waals surface area contributed by atoms with Crippen molar-refractivity contribution in [3.63, 3.8) is 0 Å². The van der Waals surface area contributed by atoms with Gasteiger partial charge in [0.1, 0.15) is 0 Å². The fourth-order valence-electron chi connectivity index (χ4n) is 6.02. The summed E-state index contributed by atoms with van der Waals surface area (Å²) >= 11 is 0. The van der Waals surface area contributed by atoms with Crippen molar-refractivity contribution in [2.75, 3.05) is 0 Å². The molecule has 2 aliphatic rings. The van der Waals surface area contributed by atoms with E-state index in [9.17, 15) is 0 Å². The molecule has 0 atom stereocenters. The molecule has 0 saturated carbocycles. The molecule has 4 aromatic carbocycles. The van der Waals surface area contributed by atoms with Gasteiger partial charge in [0, 0.05) is 5.92 Å². The topological polar surface area (TPSA) is 0 Å². The molecule has 6 rings (SSSR count). The van der Waals surface area contributed by atoms with Crippen LogP contribution in [-0.2, 0) is 43.5 Å². The fraction of sp³-hybridized carbons (Fsp3) is 0.263. The minimum atomic E-state index is 0. The molecule has 0 bridgehead atoms. The fourth-order valence-corrected chi connectivity index (χ4v) is 6.02. The van der Waals surface area contributed by atoms with Crippen molar-refractivity contribution in [2.24, 2.45) is 0 Å². The third-order valence-electron chi connectivity index (χ3n) is 8.09. The second kappa shape index (κ2) is 12.6. The van der Waals surface area contributed by atoms with Gasteiger partial charge in [0.05, 0.1) is 0 Å². The average Bonchev–Trinajstić information content (AvgIpc) is 3.54. The maximum Gasteiger partial charge on any atom is 3.00 e. The second-order valence-electron chi connectivity index (χ2n) is 13.0. The molecule has 0 N–H and O–H groups in total. The Morgan fingerprint density at radius 2 is 1.22 bits per heavy atom. The minimum Gasteiger partial charge on any atom is -1.00 e. The molecule has 1 radical (unpaired) electrons. The van der Waals surface area contributed by atoms with E-state index >= 15 is 0 Å². The average molecular weight is 656 g/mol. The molecule has 0 nitrogen and oxygen atoms in total. The third-order valence-corrected chi connectivity index (χ3v) is 8.09. The molecule has 0 fully saturated rings. The van der Waals surface area contributed by atoms with Crippen molar-refractivity contribution in [3.8, 4) is 33.4 Å². The van der Waals surface area contributed by atoms with E-state index in [4.69, 9.17) is 0 Å². The number of hydrogen-bond donors (Lipinski definition) is 0. The summed E-state index contributed by atoms with van der Waals surface area (Å²) < 4.78 is 0. The van der Waals surface area contributed by atoms with Gasteiger partial charge in [-0.05, 0) is 45.1 Å². The zero-order chi connectivity index (χ0) is 26.7. The Labute approximate surface area is 278 Å². The van der Waals surface area contributed by atoms with E-state index in [0.29, 0.717) is 5.92 Å². The van der Waals surface area contributed by atoms with Crippen molar-refractivity contribution < 1.29 is 51.0 Å². The van der Waals surface area contributed by atoms with Gasteiger partial charge in [-0.3, -0.25) is 0 Å². The smallest absolute Gasteiger partial charge is 1.00 e. The van der Waals surface area contributed by atoms with Gasteiger partial charge < -0.3 is 24.8 Å². The van der Waals surface area contributed by atoms with Crippen LogP contribution in [0.2, 0.25) is 0 Å². The first-order valence-electron chi connectivity index (χ1n) is 13.9. The van der Waals surface area contributed by atoms with Crippen LogP contribution in [0.3, 0.4) is 0 Å². The van der Waals surface area contributed by atoms with Crippen LogP contribution in [0.15, 0.2) is 97.1 Å². The molecule has 0 amide bonds. The van der Waals surface area contributed by atoms with Crippen LogP contribution >= 0.6 is 0 Å². The van der Waals surface area contributed by atoms with Crippen LogP contribution in [0.5, 0.6) is 0 Å². The largest absolute Gasteiger partial charge is 3.00 e. The van der Waals surface area contributed by atoms with E-state index in [1.165, 1.54) is 61.2 Å². The first-order valence-corrected chi connectivity index (χ1v) is 13.9. The number of halogens is 2. The summed E-state index contributed by atoms with van der Waals surface area (Å²) in [6, 6.07) is 31.3. The van der Waals surface area contributed by atoms with Crippen molar-refractivity contribution in [3.05, 3.63) is 131 Å². The van der Waals surface area contributed by atoms with E-state index in [2.05, 4.69) is 145 Å². The Kier molecular flexibility index (Phi) is 10.2. The van der Waals surface area contributed by atoms with Crippen molar-refractivity contribution in [2.45, 2.75) is 64.7 Å². The normalized spacial score (nSPS) is 13.6. The minimum absolute atomic E-state index is 0. The molecule has 0 unspecified atom stereocenters. The second-order valence-corrected chi connectivity index (χ2v) is 13.0. The van der Waals surface area contributed by atoms with Gasteiger partial charge in [-0.25, -0.2) is 0 Å². The van der Waals surface area contributed by atoms with E-state index < -0.39 is 0 Å². The van der Waals surface area contributed by atoms with Crippen molar-refractivity contribution in [1.29, 1.82) is 0 Å². The van der Waals surface area contributed by atoms with Crippen molar-refractivity contribution >= 4 is 0 Å². The van der Waals surface area contributed by atoms with Crippen LogP contribution < -0.4 is 24.8 Å². The predicted octanol–water partition coefficient (Wildman–Crippen LogP) is 4.20. The predicted molar refractivity (Wildman–Crippen MR) is 163 cm³/mol. The monoisotopic (exact) mass is 653 g/mol. The Morgan fingerprint density at radius 1 is 0.634 bits per heavy atom. The Morgan fingerprint density at radius 3 is 1.80 bits per heavy atom. The summed E-state index contributed by atoms with van der Waals surface area (Å²) in [5.41, 5.74) is 14.8. The van der Waals surface area contributed by atoms with Gasteiger partial charge >= 0.3 is 26.2 Å². The Bertz CT molecular complexity index is 1570. The molecular weight excluding hydrogens is 619 g/mol. The molecule has 207 valence electrons. The van der Waals surface area contributed by atoms with Gasteiger partial charge in [-0.1, -0.05) is 149 Å². The molecule has 2 aliphatic carbocycles. The zero-order valence-corrected chi connectivity index (χ0v) is 28.7. The molecule has 0 aromatic heterocycles. The molecular formula is C38H37Cl2Zr. The van der Waals surface area contributed by atoms with Gasteiger partial charge in [-0.15, -0.1) is 28.8 Å². The van der Waals surface area contributed by atoms with Gasteiger partial charge in [0.25, 0.3) is 0 Å². The SMILES string of the molecule is CC(C)(C)c1cc2c([c-]c1-c1ccc(C3C=CC=C3)cc1)Cc1cc(-c3ccccc3)c(C(C)(C)C)cc1-2.[Cl-].[Cl-].[Zr+3]. The number of hydrogen-bond acceptors (Lipinski definition) is 0. The molecule has 4 aromatic rings. The number of benzene rings is 4. The summed E-state index contributed by atoms with van der Waals surface area (Å²) in [5, 5.41) is 0. The molecule has 0 saturated heterocycles. The molecule has 41 heavy (non-hydrogen) atoms. The first kappa shape index (κ1) is 33.3. The Hall–Kier alpha value is -2.18. The Balaban J connectivity index is 0.00000154. The van der Waals surface area contributed by atoms with Crippen LogP contribution in [0.1, 0.15) is 75.3 Å². The van der Waals surface area contributed by atoms with E-state index in [1.54, 1.807) is 0 Å². The summed E-state index contributed by atoms with van der Waals surface area (Å²) in [7, 11) is 0. The number of allylic oxidation sites excluding steroid dienone is 4. The maximum absolute atomic E-state index is 3.94. The zero-order valence-electron chi connectivity index (χ0n) is 24.8. The van der Waals surface area contributed by atoms with E-state index in [-0.39, 0.29) is 61.8 Å². The summed E-state index contributed by atoms with van der Waals surface area (Å²) in [6.07, 6.45) is 9.71. The molecule has 3 heteroatoms. The number of rotatable bonds is 3. The first-order chi connectivity index (χ1) is 18.1. The van der Waals surface area contributed by atoms with Crippen molar-refractivity contribution in [1.82, 2.24) is 0 Å². The maximum atomic E-state index is 3.94. The molecule has 0 spiro atoms. The van der Waals surface area contributed by atoms with Crippen LogP contribution in [0.4, 0.5) is 0 Å². The van der Waals surface area contributed by atoms with E-state index in [0.717, 1.165) is 6.42 Å². The summed E-state index contributed by atoms with van der Waals surface area (Å²) in [4.78, 5) is 0. The summed E-state index contributed by atoms with van der Waals surface area (Å²) in [6.45, 7) is 13.9. The van der Waals surface area contributed by atoms with Gasteiger partial charge in [0.2, 0.25) is 0 Å². The molecule has 0 heterocycles. The molecule has 0 aliphatic heterocycles. The quantitative estimate of drug-likeness (QED) is 0.256. The third kappa shape index (κ3) is 6.44. The van der Waals surface area contributed by atoms with Gasteiger partial charge in [0.15, 0.2) is 0 Å². The van der Waals surface area contributed by atoms with Crippen LogP contribution in [0.25, 0.3) is 33.4 Å². The van der Waals surface area contributed by atoms with Gasteiger partial charge in [-0.2, -0.15) is 0 Å².